The summed E-state index contributed by atoms with van der Waals surface area (Å²) >= 11 is 2.02. The first-order valence-electron chi connectivity index (χ1n) is 11.1. The highest BCUT2D eigenvalue weighted by atomic mass is 32.2. The van der Waals surface area contributed by atoms with Gasteiger partial charge in [-0.05, 0) is 17.7 Å². The molecule has 1 saturated heterocycles. The number of fused-ring (bicyclic) bond motifs is 1. The predicted octanol–water partition coefficient (Wildman–Crippen LogP) is 4.77. The summed E-state index contributed by atoms with van der Waals surface area (Å²) in [6.07, 6.45) is -3.17. The van der Waals surface area contributed by atoms with Gasteiger partial charge in [0.25, 0.3) is 5.56 Å². The van der Waals surface area contributed by atoms with E-state index >= 15 is 0 Å². The van der Waals surface area contributed by atoms with Gasteiger partial charge >= 0.3 is 12.1 Å². The lowest BCUT2D eigenvalue weighted by Gasteiger charge is -2.26. The zero-order chi connectivity index (χ0) is 25.7. The number of aliphatic carboxylic acids is 1. The third-order valence-corrected chi connectivity index (χ3v) is 6.50. The molecule has 1 aliphatic heterocycles. The second-order valence-corrected chi connectivity index (χ2v) is 9.34. The van der Waals surface area contributed by atoms with Crippen LogP contribution in [0.5, 0.6) is 0 Å². The van der Waals surface area contributed by atoms with E-state index in [1.54, 1.807) is 6.07 Å². The molecule has 7 nitrogen and oxygen atoms in total. The molecule has 1 fully saturated rings. The van der Waals surface area contributed by atoms with Crippen molar-refractivity contribution in [2.75, 3.05) is 24.6 Å². The van der Waals surface area contributed by atoms with Gasteiger partial charge in [-0.15, -0.1) is 0 Å². The fourth-order valence-corrected chi connectivity index (χ4v) is 4.83. The summed E-state index contributed by atoms with van der Waals surface area (Å²) in [5.74, 6) is 0.240. The molecular weight excluding hydrogens is 493 g/mol. The number of para-hydroxylation sites is 1. The molecule has 0 atom stereocenters. The number of nitrogens with one attached hydrogen (secondary N) is 2. The van der Waals surface area contributed by atoms with Crippen molar-refractivity contribution in [3.05, 3.63) is 76.7 Å². The molecule has 0 aliphatic carbocycles. The molecule has 0 unspecified atom stereocenters. The van der Waals surface area contributed by atoms with E-state index in [-0.39, 0.29) is 5.56 Å². The fraction of sp³-hybridized carbons (Fsp3) is 0.240. The van der Waals surface area contributed by atoms with Crippen molar-refractivity contribution in [1.82, 2.24) is 19.9 Å². The van der Waals surface area contributed by atoms with Gasteiger partial charge in [0.1, 0.15) is 5.82 Å². The van der Waals surface area contributed by atoms with E-state index in [2.05, 4.69) is 27.0 Å². The number of thioether (sulfide) groups is 1. The van der Waals surface area contributed by atoms with E-state index in [1.165, 1.54) is 17.1 Å². The van der Waals surface area contributed by atoms with Crippen molar-refractivity contribution in [1.29, 1.82) is 0 Å². The topological polar surface area (TPSA) is 102 Å². The van der Waals surface area contributed by atoms with Gasteiger partial charge < -0.3 is 15.1 Å². The Balaban J connectivity index is 0.000000384. The van der Waals surface area contributed by atoms with Crippen LogP contribution < -0.4 is 5.56 Å². The maximum atomic E-state index is 12.4. The van der Waals surface area contributed by atoms with Gasteiger partial charge in [-0.3, -0.25) is 9.69 Å². The summed E-state index contributed by atoms with van der Waals surface area (Å²) in [7, 11) is 0. The minimum absolute atomic E-state index is 0.145. The average molecular weight is 517 g/mol. The van der Waals surface area contributed by atoms with Crippen LogP contribution in [0, 0.1) is 0 Å². The number of alkyl halides is 3. The third-order valence-electron chi connectivity index (χ3n) is 5.56. The monoisotopic (exact) mass is 516 g/mol. The number of aromatic nitrogens is 3. The Morgan fingerprint density at radius 1 is 1.08 bits per heavy atom. The molecule has 3 N–H and O–H groups in total. The van der Waals surface area contributed by atoms with E-state index in [0.29, 0.717) is 11.5 Å². The molecule has 0 radical (unpaired) electrons. The first kappa shape index (κ1) is 25.5. The quantitative estimate of drug-likeness (QED) is 0.361. The minimum atomic E-state index is -5.08. The zero-order valence-corrected chi connectivity index (χ0v) is 19.8. The lowest BCUT2D eigenvalue weighted by atomic mass is 10.1. The fourth-order valence-electron chi connectivity index (χ4n) is 3.85. The largest absolute Gasteiger partial charge is 0.490 e. The van der Waals surface area contributed by atoms with Crippen LogP contribution in [0.15, 0.2) is 65.6 Å². The van der Waals surface area contributed by atoms with Crippen LogP contribution in [0.25, 0.3) is 33.5 Å². The molecule has 1 aliphatic rings. The Morgan fingerprint density at radius 2 is 1.81 bits per heavy atom. The highest BCUT2D eigenvalue weighted by molar-refractivity contribution is 7.99. The molecule has 0 spiro atoms. The van der Waals surface area contributed by atoms with Crippen LogP contribution >= 0.6 is 11.8 Å². The molecule has 11 heteroatoms. The van der Waals surface area contributed by atoms with Crippen LogP contribution in [0.3, 0.4) is 0 Å². The highest BCUT2D eigenvalue weighted by Gasteiger charge is 2.38. The molecule has 4 aromatic rings. The number of nitrogens with zero attached hydrogens (tertiary/aromatic N) is 2. The number of carboxylic acids is 1. The van der Waals surface area contributed by atoms with Crippen molar-refractivity contribution in [2.45, 2.75) is 12.7 Å². The SMILES string of the molecule is O=C(O)C(F)(F)F.O=c1cc(-c2c[nH]c3ccccc23)nc(-c2cccc(CN3CCSCC3)c2)[nH]1. The zero-order valence-electron chi connectivity index (χ0n) is 19.0. The molecule has 2 aromatic heterocycles. The van der Waals surface area contributed by atoms with Gasteiger partial charge in [-0.1, -0.05) is 36.4 Å². The number of hydrogen-bond acceptors (Lipinski definition) is 5. The molecule has 188 valence electrons. The van der Waals surface area contributed by atoms with Gasteiger partial charge in [0, 0.05) is 65.4 Å². The second kappa shape index (κ2) is 11.0. The molecule has 2 aromatic carbocycles. The normalized spacial score (nSPS) is 14.3. The smallest absolute Gasteiger partial charge is 0.475 e. The van der Waals surface area contributed by atoms with Crippen molar-refractivity contribution < 1.29 is 23.1 Å². The standard InChI is InChI=1S/C23H22N4OS.C2HF3O2/c28-22-13-21(19-14-24-20-7-2-1-6-18(19)20)25-23(26-22)17-5-3-4-16(12-17)15-27-8-10-29-11-9-27;3-2(4,5)1(6)7/h1-7,12-14,24H,8-11,15H2,(H,25,26,28);(H,6,7). The predicted molar refractivity (Wildman–Crippen MR) is 134 cm³/mol. The Bertz CT molecular complexity index is 1410. The molecule has 0 saturated carbocycles. The molecule has 0 bridgehead atoms. The van der Waals surface area contributed by atoms with Gasteiger partial charge in [-0.2, -0.15) is 24.9 Å². The summed E-state index contributed by atoms with van der Waals surface area (Å²) in [6, 6.07) is 18.0. The van der Waals surface area contributed by atoms with Crippen LogP contribution in [-0.2, 0) is 11.3 Å². The first-order chi connectivity index (χ1) is 17.2. The Hall–Kier alpha value is -3.57. The number of hydrogen-bond donors (Lipinski definition) is 3. The van der Waals surface area contributed by atoms with Gasteiger partial charge in [-0.25, -0.2) is 9.78 Å². The van der Waals surface area contributed by atoms with Crippen molar-refractivity contribution in [3.8, 4) is 22.6 Å². The van der Waals surface area contributed by atoms with Crippen LogP contribution in [0.1, 0.15) is 5.56 Å². The number of aromatic amines is 2. The van der Waals surface area contributed by atoms with Gasteiger partial charge in [0.2, 0.25) is 0 Å². The molecule has 36 heavy (non-hydrogen) atoms. The summed E-state index contributed by atoms with van der Waals surface area (Å²) in [6.45, 7) is 3.18. The average Bonchev–Trinajstić information content (AvgIpc) is 3.29. The molecule has 3 heterocycles. The summed E-state index contributed by atoms with van der Waals surface area (Å²) in [5, 5.41) is 8.19. The Labute approximate surface area is 208 Å². The summed E-state index contributed by atoms with van der Waals surface area (Å²) < 4.78 is 31.7. The number of carbonyl (C=O) groups is 1. The van der Waals surface area contributed by atoms with Gasteiger partial charge in [0.15, 0.2) is 0 Å². The number of benzene rings is 2. The van der Waals surface area contributed by atoms with Crippen LogP contribution in [0.4, 0.5) is 13.2 Å². The van der Waals surface area contributed by atoms with E-state index in [0.717, 1.165) is 41.7 Å². The number of H-pyrrole nitrogens is 2. The van der Waals surface area contributed by atoms with Crippen molar-refractivity contribution >= 4 is 28.6 Å². The van der Waals surface area contributed by atoms with Gasteiger partial charge in [0.05, 0.1) is 5.69 Å². The maximum Gasteiger partial charge on any atom is 0.490 e. The van der Waals surface area contributed by atoms with E-state index in [4.69, 9.17) is 14.9 Å². The highest BCUT2D eigenvalue weighted by Crippen LogP contribution is 2.28. The lowest BCUT2D eigenvalue weighted by Crippen LogP contribution is -2.31. The number of rotatable bonds is 4. The minimum Gasteiger partial charge on any atom is -0.475 e. The maximum absolute atomic E-state index is 12.4. The molecule has 0 amide bonds. The first-order valence-corrected chi connectivity index (χ1v) is 12.2. The van der Waals surface area contributed by atoms with E-state index in [1.807, 2.05) is 54.4 Å². The summed E-state index contributed by atoms with van der Waals surface area (Å²) in [5.41, 5.74) is 4.69. The number of halogens is 3. The molecular formula is C25H23F3N4O3S. The molecule has 5 rings (SSSR count). The Kier molecular flexibility index (Phi) is 7.80. The van der Waals surface area contributed by atoms with Crippen LogP contribution in [0.2, 0.25) is 0 Å². The van der Waals surface area contributed by atoms with E-state index < -0.39 is 12.1 Å². The lowest BCUT2D eigenvalue weighted by molar-refractivity contribution is -0.192. The van der Waals surface area contributed by atoms with Crippen molar-refractivity contribution in [3.63, 3.8) is 0 Å². The van der Waals surface area contributed by atoms with E-state index in [9.17, 15) is 18.0 Å². The van der Waals surface area contributed by atoms with Crippen LogP contribution in [-0.4, -0.2) is 61.7 Å². The third kappa shape index (κ3) is 6.35. The summed E-state index contributed by atoms with van der Waals surface area (Å²) in [4.78, 5) is 34.7. The number of carboxylic acid groups (broad SMARTS) is 1. The Morgan fingerprint density at radius 3 is 2.53 bits per heavy atom. The van der Waals surface area contributed by atoms with Crippen molar-refractivity contribution in [2.24, 2.45) is 0 Å². The second-order valence-electron chi connectivity index (χ2n) is 8.12.